The fraction of sp³-hybridized carbons (Fsp3) is 0.273. The van der Waals surface area contributed by atoms with Gasteiger partial charge in [-0.2, -0.15) is 11.3 Å². The molecule has 2 heterocycles. The lowest BCUT2D eigenvalue weighted by Crippen LogP contribution is -1.61. The van der Waals surface area contributed by atoms with Crippen LogP contribution in [0, 0.1) is 20.8 Å². The number of rotatable bonds is 0. The number of halogens is 1. The maximum Gasteiger partial charge on any atom is 0.00433 e. The molecule has 0 radical (unpaired) electrons. The normalized spacial score (nSPS) is 8.50. The van der Waals surface area contributed by atoms with E-state index in [0.29, 0.717) is 0 Å². The van der Waals surface area contributed by atoms with Crippen LogP contribution in [0.2, 0.25) is 0 Å². The van der Waals surface area contributed by atoms with E-state index in [0.717, 1.165) is 0 Å². The lowest BCUT2D eigenvalue weighted by Gasteiger charge is -1.79. The van der Waals surface area contributed by atoms with Crippen molar-refractivity contribution in [2.75, 3.05) is 0 Å². The van der Waals surface area contributed by atoms with Crippen LogP contribution in [-0.4, -0.2) is 0 Å². The Morgan fingerprint density at radius 2 is 1.71 bits per heavy atom. The van der Waals surface area contributed by atoms with Crippen LogP contribution in [0.1, 0.15) is 16.0 Å². The molecule has 0 nitrogen and oxygen atoms in total. The first kappa shape index (κ1) is 14.1. The third kappa shape index (κ3) is 5.12. The minimum atomic E-state index is 0. The molecule has 2 aromatic heterocycles. The smallest absolute Gasteiger partial charge is 0.00433 e. The van der Waals surface area contributed by atoms with Gasteiger partial charge in [0.25, 0.3) is 0 Å². The van der Waals surface area contributed by atoms with Crippen molar-refractivity contribution < 1.29 is 0 Å². The van der Waals surface area contributed by atoms with E-state index in [1.807, 2.05) is 0 Å². The summed E-state index contributed by atoms with van der Waals surface area (Å²) in [5.74, 6) is 0. The topological polar surface area (TPSA) is 0 Å². The maximum atomic E-state index is 2.14. The van der Waals surface area contributed by atoms with Gasteiger partial charge < -0.3 is 0 Å². The lowest BCUT2D eigenvalue weighted by atomic mass is 10.3. The van der Waals surface area contributed by atoms with Crippen molar-refractivity contribution in [3.8, 4) is 0 Å². The van der Waals surface area contributed by atoms with Crippen molar-refractivity contribution in [1.82, 2.24) is 0 Å². The second-order valence-electron chi connectivity index (χ2n) is 2.96. The van der Waals surface area contributed by atoms with Crippen molar-refractivity contribution >= 4 is 46.7 Å². The van der Waals surface area contributed by atoms with Gasteiger partial charge in [-0.15, -0.1) is 35.3 Å². The summed E-state index contributed by atoms with van der Waals surface area (Å²) in [5, 5.41) is 6.32. The summed E-state index contributed by atoms with van der Waals surface area (Å²) in [7, 11) is 0. The molecule has 0 aliphatic rings. The average molecular weight is 338 g/mol. The van der Waals surface area contributed by atoms with Crippen LogP contribution < -0.4 is 0 Å². The molecule has 3 heteroatoms. The summed E-state index contributed by atoms with van der Waals surface area (Å²) in [6.07, 6.45) is 0. The molecule has 0 bridgehead atoms. The molecule has 2 aromatic rings. The second-order valence-corrected chi connectivity index (χ2v) is 4.86. The standard InChI is InChI=1S/C6H8S.C5H6S.HI/c1-5-3-4-7-6(5)2;1-5-2-3-6-4-5;/h3-4H,1-2H3;2-4H,1H3;1H. The van der Waals surface area contributed by atoms with Crippen molar-refractivity contribution in [2.24, 2.45) is 0 Å². The highest BCUT2D eigenvalue weighted by molar-refractivity contribution is 14.0. The largest absolute Gasteiger partial charge is 0.152 e. The molecule has 0 aliphatic heterocycles. The van der Waals surface area contributed by atoms with Gasteiger partial charge >= 0.3 is 0 Å². The first-order chi connectivity index (χ1) is 6.20. The van der Waals surface area contributed by atoms with Crippen LogP contribution in [0.5, 0.6) is 0 Å². The minimum Gasteiger partial charge on any atom is -0.152 e. The molecular weight excluding hydrogens is 323 g/mol. The van der Waals surface area contributed by atoms with Crippen molar-refractivity contribution in [3.05, 3.63) is 44.3 Å². The number of hydrogen-bond acceptors (Lipinski definition) is 2. The molecule has 0 spiro atoms. The maximum absolute atomic E-state index is 2.14. The first-order valence-electron chi connectivity index (χ1n) is 4.19. The Balaban J connectivity index is 0.000000227. The summed E-state index contributed by atoms with van der Waals surface area (Å²) < 4.78 is 0. The molecule has 78 valence electrons. The third-order valence-electron chi connectivity index (χ3n) is 1.78. The van der Waals surface area contributed by atoms with Crippen LogP contribution in [0.25, 0.3) is 0 Å². The predicted octanol–water partition coefficient (Wildman–Crippen LogP) is 5.04. The molecule has 0 unspecified atom stereocenters. The molecule has 0 amide bonds. The molecule has 2 rings (SSSR count). The van der Waals surface area contributed by atoms with E-state index in [1.54, 1.807) is 22.7 Å². The van der Waals surface area contributed by atoms with Gasteiger partial charge in [0.15, 0.2) is 0 Å². The van der Waals surface area contributed by atoms with Gasteiger partial charge in [-0.3, -0.25) is 0 Å². The fourth-order valence-corrected chi connectivity index (χ4v) is 2.18. The Bertz CT molecular complexity index is 319. The highest BCUT2D eigenvalue weighted by atomic mass is 127. The van der Waals surface area contributed by atoms with E-state index in [4.69, 9.17) is 0 Å². The van der Waals surface area contributed by atoms with E-state index in [2.05, 4.69) is 49.0 Å². The van der Waals surface area contributed by atoms with E-state index in [1.165, 1.54) is 16.0 Å². The van der Waals surface area contributed by atoms with Crippen LogP contribution in [-0.2, 0) is 0 Å². The third-order valence-corrected chi connectivity index (χ3v) is 3.53. The van der Waals surface area contributed by atoms with E-state index in [-0.39, 0.29) is 24.0 Å². The van der Waals surface area contributed by atoms with Crippen LogP contribution >= 0.6 is 46.7 Å². The summed E-state index contributed by atoms with van der Waals surface area (Å²) >= 11 is 3.54. The molecule has 0 saturated carbocycles. The minimum absolute atomic E-state index is 0. The van der Waals surface area contributed by atoms with Crippen LogP contribution in [0.15, 0.2) is 28.3 Å². The molecule has 0 N–H and O–H groups in total. The molecule has 14 heavy (non-hydrogen) atoms. The Kier molecular flexibility index (Phi) is 7.49. The fourth-order valence-electron chi connectivity index (χ4n) is 0.781. The van der Waals surface area contributed by atoms with Crippen molar-refractivity contribution in [2.45, 2.75) is 20.8 Å². The zero-order valence-corrected chi connectivity index (χ0v) is 12.6. The summed E-state index contributed by atoms with van der Waals surface area (Å²) in [4.78, 5) is 1.43. The quantitative estimate of drug-likeness (QED) is 0.591. The molecule has 0 fully saturated rings. The first-order valence-corrected chi connectivity index (χ1v) is 6.02. The number of hydrogen-bond donors (Lipinski definition) is 0. The van der Waals surface area contributed by atoms with Gasteiger partial charge in [0.2, 0.25) is 0 Å². The molecule has 0 atom stereocenters. The van der Waals surface area contributed by atoms with Crippen molar-refractivity contribution in [3.63, 3.8) is 0 Å². The highest BCUT2D eigenvalue weighted by Gasteiger charge is 1.87. The molecule has 0 aliphatic carbocycles. The molecular formula is C11H15IS2. The van der Waals surface area contributed by atoms with Gasteiger partial charge in [0.1, 0.15) is 0 Å². The molecule has 0 aromatic carbocycles. The average Bonchev–Trinajstić information content (AvgIpc) is 2.67. The number of thiophene rings is 2. The van der Waals surface area contributed by atoms with Gasteiger partial charge in [0, 0.05) is 4.88 Å². The lowest BCUT2D eigenvalue weighted by molar-refractivity contribution is 1.44. The highest BCUT2D eigenvalue weighted by Crippen LogP contribution is 2.12. The second kappa shape index (κ2) is 7.43. The Hall–Kier alpha value is 0.130. The van der Waals surface area contributed by atoms with E-state index in [9.17, 15) is 0 Å². The van der Waals surface area contributed by atoms with Gasteiger partial charge in [-0.25, -0.2) is 0 Å². The van der Waals surface area contributed by atoms with E-state index >= 15 is 0 Å². The monoisotopic (exact) mass is 338 g/mol. The van der Waals surface area contributed by atoms with Crippen LogP contribution in [0.3, 0.4) is 0 Å². The van der Waals surface area contributed by atoms with Gasteiger partial charge in [-0.1, -0.05) is 0 Å². The van der Waals surface area contributed by atoms with E-state index < -0.39 is 0 Å². The SMILES string of the molecule is Cc1ccsc1.Cc1ccsc1C.I. The summed E-state index contributed by atoms with van der Waals surface area (Å²) in [6, 6.07) is 4.24. The van der Waals surface area contributed by atoms with Crippen molar-refractivity contribution in [1.29, 1.82) is 0 Å². The predicted molar refractivity (Wildman–Crippen MR) is 78.3 cm³/mol. The van der Waals surface area contributed by atoms with Gasteiger partial charge in [-0.05, 0) is 60.2 Å². The Morgan fingerprint density at radius 1 is 1.00 bits per heavy atom. The Morgan fingerprint density at radius 3 is 1.86 bits per heavy atom. The molecule has 0 saturated heterocycles. The van der Waals surface area contributed by atoms with Crippen LogP contribution in [0.4, 0.5) is 0 Å². The Labute approximate surface area is 111 Å². The number of aryl methyl sites for hydroxylation is 3. The zero-order valence-electron chi connectivity index (χ0n) is 8.61. The summed E-state index contributed by atoms with van der Waals surface area (Å²) in [5.41, 5.74) is 2.77. The summed E-state index contributed by atoms with van der Waals surface area (Å²) in [6.45, 7) is 6.36. The zero-order chi connectivity index (χ0) is 9.68. The van der Waals surface area contributed by atoms with Gasteiger partial charge in [0.05, 0.1) is 0 Å².